The second kappa shape index (κ2) is 12.7. The van der Waals surface area contributed by atoms with Crippen molar-refractivity contribution in [2.24, 2.45) is 5.92 Å². The molecule has 1 saturated heterocycles. The fourth-order valence-corrected chi connectivity index (χ4v) is 5.26. The molecule has 0 bridgehead atoms. The van der Waals surface area contributed by atoms with E-state index >= 15 is 0 Å². The number of carboxylic acid groups (broad SMARTS) is 2. The Morgan fingerprint density at radius 2 is 1.44 bits per heavy atom. The average molecular weight is 565 g/mol. The summed E-state index contributed by atoms with van der Waals surface area (Å²) in [5.41, 5.74) is 2.28. The van der Waals surface area contributed by atoms with E-state index in [0.29, 0.717) is 11.6 Å². The van der Waals surface area contributed by atoms with E-state index in [1.165, 1.54) is 23.8 Å². The molecular formula is C27H27F3N2O6S. The minimum Gasteiger partial charge on any atom is -0.478 e. The molecule has 0 aliphatic carbocycles. The smallest absolute Gasteiger partial charge is 0.478 e. The van der Waals surface area contributed by atoms with Gasteiger partial charge in [0.15, 0.2) is 0 Å². The van der Waals surface area contributed by atoms with E-state index in [1.54, 1.807) is 30.3 Å². The van der Waals surface area contributed by atoms with Crippen LogP contribution in [0.25, 0.3) is 0 Å². The first-order valence-electron chi connectivity index (χ1n) is 11.9. The van der Waals surface area contributed by atoms with Gasteiger partial charge in [-0.3, -0.25) is 4.72 Å². The van der Waals surface area contributed by atoms with Gasteiger partial charge in [-0.05, 0) is 61.1 Å². The predicted octanol–water partition coefficient (Wildman–Crippen LogP) is 5.28. The minimum atomic E-state index is -5.08. The molecule has 12 heteroatoms. The number of sulfonamides is 1. The molecule has 1 heterocycles. The van der Waals surface area contributed by atoms with Gasteiger partial charge in [-0.1, -0.05) is 48.5 Å². The van der Waals surface area contributed by atoms with Gasteiger partial charge in [0.05, 0.1) is 16.1 Å². The summed E-state index contributed by atoms with van der Waals surface area (Å²) in [7, 11) is -3.79. The number of aromatic carboxylic acids is 1. The van der Waals surface area contributed by atoms with Gasteiger partial charge < -0.3 is 15.1 Å². The summed E-state index contributed by atoms with van der Waals surface area (Å²) in [5, 5.41) is 16.9. The monoisotopic (exact) mass is 564 g/mol. The Morgan fingerprint density at radius 3 is 1.95 bits per heavy atom. The summed E-state index contributed by atoms with van der Waals surface area (Å²) >= 11 is 0. The highest BCUT2D eigenvalue weighted by Gasteiger charge is 2.38. The molecule has 0 saturated carbocycles. The number of anilines is 2. The highest BCUT2D eigenvalue weighted by Crippen LogP contribution is 2.30. The van der Waals surface area contributed by atoms with Gasteiger partial charge >= 0.3 is 18.1 Å². The fourth-order valence-electron chi connectivity index (χ4n) is 4.19. The molecule has 3 N–H and O–H groups in total. The molecular weight excluding hydrogens is 537 g/mol. The number of nitrogens with one attached hydrogen (secondary N) is 1. The van der Waals surface area contributed by atoms with Gasteiger partial charge in [-0.2, -0.15) is 13.2 Å². The Balaban J connectivity index is 0.000000532. The van der Waals surface area contributed by atoms with Gasteiger partial charge in [-0.15, -0.1) is 0 Å². The van der Waals surface area contributed by atoms with Crippen LogP contribution in [-0.4, -0.2) is 49.8 Å². The Labute approximate surface area is 223 Å². The number of carboxylic acids is 2. The number of alkyl halides is 3. The SMILES string of the molecule is O=C(O)C(F)(F)F.O=C(O)c1cc(NS(=O)(=O)c2ccccc2)ccc1N1CCC(Cc2ccccc2)CC1. The van der Waals surface area contributed by atoms with Gasteiger partial charge in [0, 0.05) is 18.8 Å². The first kappa shape index (κ1) is 29.5. The van der Waals surface area contributed by atoms with Crippen molar-refractivity contribution < 1.29 is 41.4 Å². The van der Waals surface area contributed by atoms with E-state index in [1.807, 2.05) is 6.07 Å². The van der Waals surface area contributed by atoms with E-state index in [2.05, 4.69) is 33.9 Å². The van der Waals surface area contributed by atoms with Gasteiger partial charge in [0.1, 0.15) is 0 Å². The molecule has 0 spiro atoms. The topological polar surface area (TPSA) is 124 Å². The second-order valence-corrected chi connectivity index (χ2v) is 10.6. The Morgan fingerprint density at radius 1 is 0.897 bits per heavy atom. The summed E-state index contributed by atoms with van der Waals surface area (Å²) in [4.78, 5) is 23.1. The Kier molecular flexibility index (Phi) is 9.57. The lowest BCUT2D eigenvalue weighted by Gasteiger charge is -2.34. The molecule has 8 nitrogen and oxygen atoms in total. The van der Waals surface area contributed by atoms with Gasteiger partial charge in [0.25, 0.3) is 10.0 Å². The predicted molar refractivity (Wildman–Crippen MR) is 139 cm³/mol. The first-order chi connectivity index (χ1) is 18.4. The molecule has 0 aromatic heterocycles. The average Bonchev–Trinajstić information content (AvgIpc) is 2.90. The highest BCUT2D eigenvalue weighted by atomic mass is 32.2. The van der Waals surface area contributed by atoms with E-state index in [-0.39, 0.29) is 16.1 Å². The van der Waals surface area contributed by atoms with E-state index in [4.69, 9.17) is 9.90 Å². The number of halogens is 3. The quantitative estimate of drug-likeness (QED) is 0.357. The summed E-state index contributed by atoms with van der Waals surface area (Å²) in [5.74, 6) is -3.27. The molecule has 0 atom stereocenters. The molecule has 0 radical (unpaired) electrons. The number of rotatable bonds is 7. The van der Waals surface area contributed by atoms with Crippen LogP contribution in [0.1, 0.15) is 28.8 Å². The Hall–Kier alpha value is -4.06. The van der Waals surface area contributed by atoms with E-state index < -0.39 is 28.1 Å². The second-order valence-electron chi connectivity index (χ2n) is 8.88. The maximum absolute atomic E-state index is 12.6. The number of aliphatic carboxylic acids is 1. The van der Waals surface area contributed by atoms with E-state index in [9.17, 15) is 31.5 Å². The summed E-state index contributed by atoms with van der Waals surface area (Å²) in [6.45, 7) is 1.54. The van der Waals surface area contributed by atoms with Crippen LogP contribution in [0.3, 0.4) is 0 Å². The third-order valence-electron chi connectivity index (χ3n) is 6.10. The van der Waals surface area contributed by atoms with Gasteiger partial charge in [-0.25, -0.2) is 18.0 Å². The van der Waals surface area contributed by atoms with Crippen molar-refractivity contribution in [3.8, 4) is 0 Å². The molecule has 1 aliphatic rings. The first-order valence-corrected chi connectivity index (χ1v) is 13.4. The number of nitrogens with zero attached hydrogens (tertiary/aromatic N) is 1. The van der Waals surface area contributed by atoms with Crippen LogP contribution in [0.5, 0.6) is 0 Å². The fraction of sp³-hybridized carbons (Fsp3) is 0.259. The van der Waals surface area contributed by atoms with Crippen LogP contribution in [0.2, 0.25) is 0 Å². The molecule has 3 aromatic rings. The van der Waals surface area contributed by atoms with Crippen molar-refractivity contribution in [1.29, 1.82) is 0 Å². The van der Waals surface area contributed by atoms with Crippen molar-refractivity contribution >= 4 is 33.3 Å². The minimum absolute atomic E-state index is 0.0970. The van der Waals surface area contributed by atoms with Crippen LogP contribution in [0.4, 0.5) is 24.5 Å². The standard InChI is InChI=1S/C25H26N2O4S.C2HF3O2/c28-25(29)23-18-21(26-32(30,31)22-9-5-2-6-10-22)11-12-24(23)27-15-13-20(14-16-27)17-19-7-3-1-4-8-19;3-2(4,5)1(6)7/h1-12,18,20,26H,13-17H2,(H,28,29);(H,6,7). The van der Waals surface area contributed by atoms with Crippen molar-refractivity contribution in [2.45, 2.75) is 30.3 Å². The number of hydrogen-bond donors (Lipinski definition) is 3. The molecule has 208 valence electrons. The zero-order valence-electron chi connectivity index (χ0n) is 20.6. The third kappa shape index (κ3) is 8.47. The highest BCUT2D eigenvalue weighted by molar-refractivity contribution is 7.92. The van der Waals surface area contributed by atoms with Crippen molar-refractivity contribution in [3.05, 3.63) is 90.0 Å². The summed E-state index contributed by atoms with van der Waals surface area (Å²) in [6, 6.07) is 23.1. The lowest BCUT2D eigenvalue weighted by atomic mass is 9.90. The molecule has 39 heavy (non-hydrogen) atoms. The third-order valence-corrected chi connectivity index (χ3v) is 7.49. The number of piperidine rings is 1. The van der Waals surface area contributed by atoms with Crippen LogP contribution < -0.4 is 9.62 Å². The summed E-state index contributed by atoms with van der Waals surface area (Å²) in [6.07, 6.45) is -2.09. The largest absolute Gasteiger partial charge is 0.490 e. The molecule has 3 aromatic carbocycles. The van der Waals surface area contributed by atoms with Crippen LogP contribution in [-0.2, 0) is 21.2 Å². The Bertz CT molecular complexity index is 1380. The lowest BCUT2D eigenvalue weighted by molar-refractivity contribution is -0.192. The number of benzene rings is 3. The van der Waals surface area contributed by atoms with Gasteiger partial charge in [0.2, 0.25) is 0 Å². The zero-order chi connectivity index (χ0) is 28.6. The molecule has 4 rings (SSSR count). The maximum atomic E-state index is 12.6. The summed E-state index contributed by atoms with van der Waals surface area (Å²) < 4.78 is 59.4. The normalized spacial score (nSPS) is 14.2. The number of carbonyl (C=O) groups is 2. The van der Waals surface area contributed by atoms with Crippen molar-refractivity contribution in [2.75, 3.05) is 22.7 Å². The molecule has 0 unspecified atom stereocenters. The number of hydrogen-bond acceptors (Lipinski definition) is 5. The zero-order valence-corrected chi connectivity index (χ0v) is 21.5. The van der Waals surface area contributed by atoms with Crippen molar-refractivity contribution in [3.63, 3.8) is 0 Å². The molecule has 0 amide bonds. The van der Waals surface area contributed by atoms with Crippen LogP contribution in [0.15, 0.2) is 83.8 Å². The lowest BCUT2D eigenvalue weighted by Crippen LogP contribution is -2.35. The van der Waals surface area contributed by atoms with E-state index in [0.717, 1.165) is 32.4 Å². The van der Waals surface area contributed by atoms with Crippen LogP contribution in [0, 0.1) is 5.92 Å². The molecule has 1 fully saturated rings. The molecule has 1 aliphatic heterocycles. The maximum Gasteiger partial charge on any atom is 0.490 e. The van der Waals surface area contributed by atoms with Crippen molar-refractivity contribution in [1.82, 2.24) is 0 Å². The van der Waals surface area contributed by atoms with Crippen LogP contribution >= 0.6 is 0 Å².